The molecule has 0 aromatic heterocycles. The van der Waals surface area contributed by atoms with Gasteiger partial charge in [0.15, 0.2) is 6.61 Å². The second-order valence-electron chi connectivity index (χ2n) is 13.1. The van der Waals surface area contributed by atoms with Crippen LogP contribution in [0.15, 0.2) is 18.2 Å². The van der Waals surface area contributed by atoms with Gasteiger partial charge in [-0.3, -0.25) is 0 Å². The summed E-state index contributed by atoms with van der Waals surface area (Å²) in [5.74, 6) is 3.10. The molecule has 38 heavy (non-hydrogen) atoms. The topological polar surface area (TPSA) is 76.0 Å². The van der Waals surface area contributed by atoms with Gasteiger partial charge in [0.2, 0.25) is 0 Å². The molecule has 2 saturated carbocycles. The molecule has 3 aliphatic carbocycles. The first-order chi connectivity index (χ1) is 18.3. The van der Waals surface area contributed by atoms with Crippen LogP contribution in [0, 0.1) is 29.6 Å². The Kier molecular flexibility index (Phi) is 10.6. The second-order valence-corrected chi connectivity index (χ2v) is 13.1. The van der Waals surface area contributed by atoms with Crippen LogP contribution in [0.3, 0.4) is 0 Å². The first kappa shape index (κ1) is 29.4. The Morgan fingerprint density at radius 3 is 2.68 bits per heavy atom. The molecule has 0 bridgehead atoms. The van der Waals surface area contributed by atoms with Crippen molar-refractivity contribution in [1.29, 1.82) is 0 Å². The molecule has 8 atom stereocenters. The SMILES string of the molecule is CCCCCC(O)CCC1c2c(cccc2OCC(=O)OC2CC(C)CCC2C(C)C)CC2CC(O)CC21. The van der Waals surface area contributed by atoms with Crippen molar-refractivity contribution in [2.45, 2.75) is 129 Å². The summed E-state index contributed by atoms with van der Waals surface area (Å²) < 4.78 is 12.2. The van der Waals surface area contributed by atoms with Crippen LogP contribution in [-0.2, 0) is 16.0 Å². The fraction of sp³-hybridized carbons (Fsp3) is 0.788. The minimum absolute atomic E-state index is 0.0257. The largest absolute Gasteiger partial charge is 0.482 e. The Hall–Kier alpha value is -1.59. The number of benzene rings is 1. The van der Waals surface area contributed by atoms with Crippen molar-refractivity contribution in [3.63, 3.8) is 0 Å². The molecular formula is C33H52O5. The number of rotatable bonds is 12. The molecule has 2 N–H and O–H groups in total. The number of unbranched alkanes of at least 4 members (excludes halogenated alkanes) is 2. The number of hydrogen-bond donors (Lipinski definition) is 2. The van der Waals surface area contributed by atoms with E-state index in [1.54, 1.807) is 0 Å². The lowest BCUT2D eigenvalue weighted by molar-refractivity contribution is -0.158. The first-order valence-corrected chi connectivity index (χ1v) is 15.6. The summed E-state index contributed by atoms with van der Waals surface area (Å²) in [7, 11) is 0. The zero-order valence-corrected chi connectivity index (χ0v) is 24.2. The van der Waals surface area contributed by atoms with Crippen LogP contribution in [0.2, 0.25) is 0 Å². The number of carbonyl (C=O) groups is 1. The van der Waals surface area contributed by atoms with Gasteiger partial charge in [-0.25, -0.2) is 4.79 Å². The molecule has 5 nitrogen and oxygen atoms in total. The van der Waals surface area contributed by atoms with Gasteiger partial charge in [-0.05, 0) is 98.5 Å². The Morgan fingerprint density at radius 2 is 1.92 bits per heavy atom. The molecule has 0 saturated heterocycles. The van der Waals surface area contributed by atoms with Crippen LogP contribution in [0.1, 0.15) is 115 Å². The van der Waals surface area contributed by atoms with E-state index < -0.39 is 0 Å². The van der Waals surface area contributed by atoms with Gasteiger partial charge in [-0.2, -0.15) is 0 Å². The third-order valence-electron chi connectivity index (χ3n) is 9.79. The monoisotopic (exact) mass is 528 g/mol. The Labute approximate surface area is 230 Å². The minimum Gasteiger partial charge on any atom is -0.482 e. The van der Waals surface area contributed by atoms with Gasteiger partial charge < -0.3 is 19.7 Å². The van der Waals surface area contributed by atoms with Crippen molar-refractivity contribution in [2.24, 2.45) is 29.6 Å². The highest BCUT2D eigenvalue weighted by Crippen LogP contribution is 2.52. The molecule has 0 radical (unpaired) electrons. The standard InChI is InChI=1S/C33H52O5/c1-5-6-7-10-25(34)13-15-28-29-19-26(35)18-24(29)17-23-9-8-11-30(33(23)28)37-20-32(36)38-31-16-22(4)12-14-27(31)21(2)3/h8-9,11,21-22,24-29,31,34-35H,5-7,10,12-20H2,1-4H3. The number of hydrogen-bond acceptors (Lipinski definition) is 5. The van der Waals surface area contributed by atoms with Gasteiger partial charge >= 0.3 is 5.97 Å². The van der Waals surface area contributed by atoms with E-state index in [1.807, 2.05) is 12.1 Å². The highest BCUT2D eigenvalue weighted by molar-refractivity contribution is 5.71. The summed E-state index contributed by atoms with van der Waals surface area (Å²) in [6.07, 6.45) is 11.2. The Morgan fingerprint density at radius 1 is 1.11 bits per heavy atom. The molecule has 0 spiro atoms. The number of ether oxygens (including phenoxy) is 2. The van der Waals surface area contributed by atoms with Crippen molar-refractivity contribution >= 4 is 5.97 Å². The number of carbonyl (C=O) groups excluding carboxylic acids is 1. The molecule has 0 heterocycles. The zero-order chi connectivity index (χ0) is 27.2. The van der Waals surface area contributed by atoms with Crippen LogP contribution in [0.4, 0.5) is 0 Å². The van der Waals surface area contributed by atoms with Crippen molar-refractivity contribution in [3.8, 4) is 5.75 Å². The van der Waals surface area contributed by atoms with Crippen molar-refractivity contribution < 1.29 is 24.5 Å². The highest BCUT2D eigenvalue weighted by atomic mass is 16.6. The molecule has 8 unspecified atom stereocenters. The summed E-state index contributed by atoms with van der Waals surface area (Å²) >= 11 is 0. The van der Waals surface area contributed by atoms with Crippen LogP contribution in [-0.4, -0.2) is 41.1 Å². The number of aliphatic hydroxyl groups excluding tert-OH is 2. The van der Waals surface area contributed by atoms with Crippen molar-refractivity contribution in [3.05, 3.63) is 29.3 Å². The molecule has 2 fully saturated rings. The first-order valence-electron chi connectivity index (χ1n) is 15.6. The lowest BCUT2D eigenvalue weighted by Gasteiger charge is -2.37. The van der Waals surface area contributed by atoms with Crippen molar-refractivity contribution in [2.75, 3.05) is 6.61 Å². The molecule has 1 aromatic carbocycles. The van der Waals surface area contributed by atoms with E-state index in [9.17, 15) is 15.0 Å². The third-order valence-corrected chi connectivity index (χ3v) is 9.79. The van der Waals surface area contributed by atoms with Crippen molar-refractivity contribution in [1.82, 2.24) is 0 Å². The van der Waals surface area contributed by atoms with E-state index in [0.29, 0.717) is 29.6 Å². The molecule has 0 aliphatic heterocycles. The lowest BCUT2D eigenvalue weighted by Crippen LogP contribution is -2.37. The van der Waals surface area contributed by atoms with E-state index in [4.69, 9.17) is 9.47 Å². The van der Waals surface area contributed by atoms with Crippen LogP contribution < -0.4 is 4.74 Å². The zero-order valence-electron chi connectivity index (χ0n) is 24.2. The van der Waals surface area contributed by atoms with Gasteiger partial charge in [0.25, 0.3) is 0 Å². The van der Waals surface area contributed by atoms with Gasteiger partial charge in [0.05, 0.1) is 12.2 Å². The summed E-state index contributed by atoms with van der Waals surface area (Å²) in [5.41, 5.74) is 2.47. The third kappa shape index (κ3) is 7.33. The maximum Gasteiger partial charge on any atom is 0.344 e. The quantitative estimate of drug-likeness (QED) is 0.230. The number of fused-ring (bicyclic) bond motifs is 2. The lowest BCUT2D eigenvalue weighted by atomic mass is 9.68. The second kappa shape index (κ2) is 13.7. The maximum absolute atomic E-state index is 13.0. The van der Waals surface area contributed by atoms with Crippen LogP contribution >= 0.6 is 0 Å². The van der Waals surface area contributed by atoms with Gasteiger partial charge in [0, 0.05) is 5.56 Å². The highest BCUT2D eigenvalue weighted by Gasteiger charge is 2.44. The predicted molar refractivity (Wildman–Crippen MR) is 151 cm³/mol. The average molecular weight is 529 g/mol. The van der Waals surface area contributed by atoms with Crippen LogP contribution in [0.25, 0.3) is 0 Å². The minimum atomic E-state index is -0.286. The molecule has 1 aromatic rings. The number of esters is 1. The molecular weight excluding hydrogens is 476 g/mol. The smallest absolute Gasteiger partial charge is 0.344 e. The molecule has 214 valence electrons. The number of aliphatic hydroxyl groups is 2. The van der Waals surface area contributed by atoms with E-state index in [-0.39, 0.29) is 36.8 Å². The van der Waals surface area contributed by atoms with E-state index in [0.717, 1.165) is 76.4 Å². The van der Waals surface area contributed by atoms with Gasteiger partial charge in [0.1, 0.15) is 11.9 Å². The van der Waals surface area contributed by atoms with E-state index in [1.165, 1.54) is 17.5 Å². The Bertz CT molecular complexity index is 897. The molecule has 5 heteroatoms. The summed E-state index contributed by atoms with van der Waals surface area (Å²) in [5, 5.41) is 21.2. The summed E-state index contributed by atoms with van der Waals surface area (Å²) in [6, 6.07) is 6.20. The van der Waals surface area contributed by atoms with Gasteiger partial charge in [-0.1, -0.05) is 65.5 Å². The van der Waals surface area contributed by atoms with E-state index >= 15 is 0 Å². The van der Waals surface area contributed by atoms with Gasteiger partial charge in [-0.15, -0.1) is 0 Å². The fourth-order valence-corrected chi connectivity index (χ4v) is 7.76. The summed E-state index contributed by atoms with van der Waals surface area (Å²) in [4.78, 5) is 13.0. The van der Waals surface area contributed by atoms with Crippen LogP contribution in [0.5, 0.6) is 5.75 Å². The normalized spacial score (nSPS) is 31.5. The Balaban J connectivity index is 1.45. The maximum atomic E-state index is 13.0. The fourth-order valence-electron chi connectivity index (χ4n) is 7.76. The molecule has 0 amide bonds. The van der Waals surface area contributed by atoms with E-state index in [2.05, 4.69) is 33.8 Å². The predicted octanol–water partition coefficient (Wildman–Crippen LogP) is 6.82. The molecule has 4 rings (SSSR count). The average Bonchev–Trinajstić information content (AvgIpc) is 3.25. The summed E-state index contributed by atoms with van der Waals surface area (Å²) in [6.45, 7) is 8.81. The molecule has 3 aliphatic rings.